The van der Waals surface area contributed by atoms with Gasteiger partial charge in [-0.1, -0.05) is 42.5 Å². The Morgan fingerprint density at radius 2 is 1.71 bits per heavy atom. The molecular weight excluding hydrogens is 426 g/mol. The molecule has 0 radical (unpaired) electrons. The first-order chi connectivity index (χ1) is 16.6. The normalized spacial score (nSPS) is 10.9. The fourth-order valence-corrected chi connectivity index (χ4v) is 3.94. The third-order valence-corrected chi connectivity index (χ3v) is 5.74. The predicted octanol–water partition coefficient (Wildman–Crippen LogP) is 5.14. The summed E-state index contributed by atoms with van der Waals surface area (Å²) in [7, 11) is 1.63. The van der Waals surface area contributed by atoms with Gasteiger partial charge in [-0.05, 0) is 53.4 Å². The summed E-state index contributed by atoms with van der Waals surface area (Å²) >= 11 is 0. The molecule has 7 heteroatoms. The Kier molecular flexibility index (Phi) is 5.40. The maximum atomic E-state index is 13.2. The van der Waals surface area contributed by atoms with Crippen molar-refractivity contribution in [3.8, 4) is 28.0 Å². The molecule has 0 saturated carbocycles. The fourth-order valence-electron chi connectivity index (χ4n) is 3.94. The molecule has 3 aromatic heterocycles. The Hall–Kier alpha value is -4.70. The second kappa shape index (κ2) is 8.68. The molecule has 0 unspecified atom stereocenters. The van der Waals surface area contributed by atoms with Crippen LogP contribution in [0.25, 0.3) is 32.7 Å². The van der Waals surface area contributed by atoms with Crippen LogP contribution in [0.4, 0.5) is 5.69 Å². The molecule has 0 fully saturated rings. The molecule has 0 aliphatic heterocycles. The zero-order chi connectivity index (χ0) is 23.7. The molecule has 0 bridgehead atoms. The summed E-state index contributed by atoms with van der Waals surface area (Å²) in [5.74, 6) is 0.744. The van der Waals surface area contributed by atoms with E-state index >= 15 is 0 Å². The van der Waals surface area contributed by atoms with Crippen LogP contribution in [0, 0.1) is 13.5 Å². The smallest absolute Gasteiger partial charge is 0.350 e. The molecule has 0 amide bonds. The molecule has 34 heavy (non-hydrogen) atoms. The van der Waals surface area contributed by atoms with Crippen LogP contribution in [0.3, 0.4) is 0 Å². The van der Waals surface area contributed by atoms with Gasteiger partial charge < -0.3 is 4.74 Å². The molecule has 0 saturated heterocycles. The highest BCUT2D eigenvalue weighted by atomic mass is 16.5. The highest BCUT2D eigenvalue weighted by molar-refractivity contribution is 5.92. The van der Waals surface area contributed by atoms with Gasteiger partial charge >= 0.3 is 5.69 Å². The standard InChI is InChI=1S/C27H21N5O2/c1-18-4-5-19(16-29-18)17-32-27(33)31-15-14-24(20-6-10-22(28-2)11-7-20)25(26(31)30-32)21-8-12-23(34-3)13-9-21/h4-16H,17H2,1,3H3. The second-order valence-corrected chi connectivity index (χ2v) is 7.93. The minimum absolute atomic E-state index is 0.222. The van der Waals surface area contributed by atoms with Crippen LogP contribution in [-0.2, 0) is 6.54 Å². The summed E-state index contributed by atoms with van der Waals surface area (Å²) in [6.45, 7) is 9.48. The lowest BCUT2D eigenvalue weighted by Gasteiger charge is -2.12. The zero-order valence-electron chi connectivity index (χ0n) is 18.8. The van der Waals surface area contributed by atoms with E-state index in [1.807, 2.05) is 61.5 Å². The van der Waals surface area contributed by atoms with E-state index in [2.05, 4.69) is 9.83 Å². The predicted molar refractivity (Wildman–Crippen MR) is 131 cm³/mol. The Labute approximate surface area is 196 Å². The van der Waals surface area contributed by atoms with E-state index in [4.69, 9.17) is 16.4 Å². The van der Waals surface area contributed by atoms with E-state index in [0.29, 0.717) is 17.9 Å². The third-order valence-electron chi connectivity index (χ3n) is 5.74. The molecule has 0 atom stereocenters. The fraction of sp³-hybridized carbons (Fsp3) is 0.111. The molecular formula is C27H21N5O2. The van der Waals surface area contributed by atoms with Crippen molar-refractivity contribution in [1.29, 1.82) is 0 Å². The molecule has 7 nitrogen and oxygen atoms in total. The number of ether oxygens (including phenoxy) is 1. The highest BCUT2D eigenvalue weighted by Gasteiger charge is 2.18. The molecule has 0 spiro atoms. The molecule has 5 rings (SSSR count). The van der Waals surface area contributed by atoms with Crippen LogP contribution in [0.15, 0.2) is 83.9 Å². The quantitative estimate of drug-likeness (QED) is 0.350. The van der Waals surface area contributed by atoms with E-state index in [9.17, 15) is 4.79 Å². The zero-order valence-corrected chi connectivity index (χ0v) is 18.8. The van der Waals surface area contributed by atoms with Crippen molar-refractivity contribution < 1.29 is 4.74 Å². The molecule has 166 valence electrons. The molecule has 0 aliphatic rings. The van der Waals surface area contributed by atoms with Gasteiger partial charge in [-0.25, -0.2) is 18.7 Å². The largest absolute Gasteiger partial charge is 0.497 e. The van der Waals surface area contributed by atoms with Gasteiger partial charge in [0.1, 0.15) is 5.75 Å². The van der Waals surface area contributed by atoms with Crippen molar-refractivity contribution in [2.45, 2.75) is 13.5 Å². The second-order valence-electron chi connectivity index (χ2n) is 7.93. The lowest BCUT2D eigenvalue weighted by Crippen LogP contribution is -2.21. The van der Waals surface area contributed by atoms with Crippen molar-refractivity contribution in [3.05, 3.63) is 112 Å². The van der Waals surface area contributed by atoms with Crippen LogP contribution in [0.1, 0.15) is 11.3 Å². The maximum absolute atomic E-state index is 13.2. The number of fused-ring (bicyclic) bond motifs is 1. The monoisotopic (exact) mass is 447 g/mol. The van der Waals surface area contributed by atoms with Crippen molar-refractivity contribution in [2.24, 2.45) is 0 Å². The lowest BCUT2D eigenvalue weighted by atomic mass is 9.95. The number of pyridine rings is 2. The van der Waals surface area contributed by atoms with E-state index in [-0.39, 0.29) is 5.69 Å². The van der Waals surface area contributed by atoms with Gasteiger partial charge in [0.25, 0.3) is 0 Å². The first-order valence-electron chi connectivity index (χ1n) is 10.7. The van der Waals surface area contributed by atoms with Crippen LogP contribution < -0.4 is 10.4 Å². The number of benzene rings is 2. The summed E-state index contributed by atoms with van der Waals surface area (Å²) in [6.07, 6.45) is 3.51. The minimum atomic E-state index is -0.222. The summed E-state index contributed by atoms with van der Waals surface area (Å²) in [6, 6.07) is 20.9. The van der Waals surface area contributed by atoms with Crippen molar-refractivity contribution in [3.63, 3.8) is 0 Å². The number of hydrogen-bond donors (Lipinski definition) is 0. The molecule has 2 aromatic carbocycles. The molecule has 0 aliphatic carbocycles. The van der Waals surface area contributed by atoms with Gasteiger partial charge in [0.05, 0.1) is 20.2 Å². The van der Waals surface area contributed by atoms with Gasteiger partial charge in [0, 0.05) is 23.7 Å². The topological polar surface area (TPSA) is 65.8 Å². The maximum Gasteiger partial charge on any atom is 0.350 e. The van der Waals surface area contributed by atoms with Gasteiger partial charge in [0.15, 0.2) is 11.3 Å². The summed E-state index contributed by atoms with van der Waals surface area (Å²) in [5, 5.41) is 4.73. The van der Waals surface area contributed by atoms with Gasteiger partial charge in [-0.3, -0.25) is 4.98 Å². The number of aromatic nitrogens is 4. The third kappa shape index (κ3) is 3.82. The minimum Gasteiger partial charge on any atom is -0.497 e. The number of rotatable bonds is 5. The van der Waals surface area contributed by atoms with E-state index in [1.54, 1.807) is 36.0 Å². The van der Waals surface area contributed by atoms with Crippen LogP contribution >= 0.6 is 0 Å². The van der Waals surface area contributed by atoms with Crippen molar-refractivity contribution in [1.82, 2.24) is 19.2 Å². The summed E-state index contributed by atoms with van der Waals surface area (Å²) < 4.78 is 8.35. The number of aryl methyl sites for hydroxylation is 1. The summed E-state index contributed by atoms with van der Waals surface area (Å²) in [4.78, 5) is 21.0. The Morgan fingerprint density at radius 3 is 2.35 bits per heavy atom. The van der Waals surface area contributed by atoms with Crippen molar-refractivity contribution >= 4 is 11.3 Å². The first kappa shape index (κ1) is 21.2. The highest BCUT2D eigenvalue weighted by Crippen LogP contribution is 2.36. The molecule has 5 aromatic rings. The molecule has 3 heterocycles. The lowest BCUT2D eigenvalue weighted by molar-refractivity contribution is 0.415. The van der Waals surface area contributed by atoms with Crippen LogP contribution in [0.2, 0.25) is 0 Å². The van der Waals surface area contributed by atoms with Gasteiger partial charge in [0.2, 0.25) is 0 Å². The average Bonchev–Trinajstić information content (AvgIpc) is 3.20. The number of methoxy groups -OCH3 is 1. The average molecular weight is 447 g/mol. The summed E-state index contributed by atoms with van der Waals surface area (Å²) in [5.41, 5.74) is 6.32. The van der Waals surface area contributed by atoms with Crippen LogP contribution in [-0.4, -0.2) is 26.3 Å². The van der Waals surface area contributed by atoms with Gasteiger partial charge in [-0.2, -0.15) is 0 Å². The van der Waals surface area contributed by atoms with Crippen LogP contribution in [0.5, 0.6) is 5.75 Å². The molecule has 0 N–H and O–H groups in total. The Bertz CT molecular complexity index is 1570. The Morgan fingerprint density at radius 1 is 0.971 bits per heavy atom. The SMILES string of the molecule is [C-]#[N+]c1ccc(-c2ccn3c(=O)n(Cc4ccc(C)nc4)nc3c2-c2ccc(OC)cc2)cc1. The van der Waals surface area contributed by atoms with Crippen molar-refractivity contribution in [2.75, 3.05) is 7.11 Å². The first-order valence-corrected chi connectivity index (χ1v) is 10.7. The van der Waals surface area contributed by atoms with Gasteiger partial charge in [-0.15, -0.1) is 5.10 Å². The Balaban J connectivity index is 1.71. The van der Waals surface area contributed by atoms with E-state index in [1.165, 1.54) is 4.68 Å². The van der Waals surface area contributed by atoms with E-state index in [0.717, 1.165) is 39.3 Å². The number of nitrogens with zero attached hydrogens (tertiary/aromatic N) is 5. The number of hydrogen-bond acceptors (Lipinski definition) is 4. The van der Waals surface area contributed by atoms with E-state index < -0.39 is 0 Å².